The van der Waals surface area contributed by atoms with E-state index in [-0.39, 0.29) is 24.0 Å². The summed E-state index contributed by atoms with van der Waals surface area (Å²) in [6.07, 6.45) is 2.64. The first kappa shape index (κ1) is 11.2. The second-order valence-corrected chi connectivity index (χ2v) is 4.67. The maximum absolute atomic E-state index is 13.1. The standard InChI is InChI=1S/C9H10FN3O2S/c10-6-3-9(5-14,16-4-6)13-2-1-7(11)12-8(13)15/h1-3,14H,4-5H2,(H2,11,12,15)/t9-/m0/s1. The summed E-state index contributed by atoms with van der Waals surface area (Å²) in [7, 11) is 0. The van der Waals surface area contributed by atoms with E-state index in [2.05, 4.69) is 4.98 Å². The molecule has 2 rings (SSSR count). The van der Waals surface area contributed by atoms with Crippen molar-refractivity contribution in [2.24, 2.45) is 0 Å². The van der Waals surface area contributed by atoms with Crippen molar-refractivity contribution in [1.29, 1.82) is 0 Å². The number of anilines is 1. The molecule has 3 N–H and O–H groups in total. The third kappa shape index (κ3) is 1.72. The minimum atomic E-state index is -1.10. The van der Waals surface area contributed by atoms with Gasteiger partial charge in [0.05, 0.1) is 6.61 Å². The summed E-state index contributed by atoms with van der Waals surface area (Å²) in [5, 5.41) is 9.33. The van der Waals surface area contributed by atoms with Gasteiger partial charge < -0.3 is 10.8 Å². The van der Waals surface area contributed by atoms with Crippen LogP contribution in [-0.2, 0) is 4.87 Å². The molecule has 86 valence electrons. The number of halogens is 1. The fourth-order valence-electron chi connectivity index (χ4n) is 1.53. The van der Waals surface area contributed by atoms with Gasteiger partial charge in [-0.15, -0.1) is 11.8 Å². The van der Waals surface area contributed by atoms with E-state index in [1.807, 2.05) is 0 Å². The van der Waals surface area contributed by atoms with Gasteiger partial charge in [-0.25, -0.2) is 9.18 Å². The Morgan fingerprint density at radius 3 is 3.00 bits per heavy atom. The van der Waals surface area contributed by atoms with E-state index in [9.17, 15) is 14.3 Å². The first-order valence-electron chi connectivity index (χ1n) is 4.55. The van der Waals surface area contributed by atoms with Crippen molar-refractivity contribution < 1.29 is 9.50 Å². The predicted molar refractivity (Wildman–Crippen MR) is 59.6 cm³/mol. The summed E-state index contributed by atoms with van der Waals surface area (Å²) in [5.74, 6) is -0.123. The number of nitrogens with zero attached hydrogens (tertiary/aromatic N) is 2. The van der Waals surface area contributed by atoms with Crippen LogP contribution in [0.25, 0.3) is 0 Å². The highest BCUT2D eigenvalue weighted by Crippen LogP contribution is 2.39. The Balaban J connectivity index is 2.54. The molecule has 0 spiro atoms. The zero-order chi connectivity index (χ0) is 11.8. The molecule has 0 saturated carbocycles. The van der Waals surface area contributed by atoms with Crippen LogP contribution in [0.4, 0.5) is 10.2 Å². The van der Waals surface area contributed by atoms with Crippen molar-refractivity contribution in [3.8, 4) is 0 Å². The Morgan fingerprint density at radius 2 is 2.50 bits per heavy atom. The normalized spacial score (nSPS) is 24.5. The summed E-state index contributed by atoms with van der Waals surface area (Å²) in [6.45, 7) is -0.378. The van der Waals surface area contributed by atoms with Gasteiger partial charge in [0.1, 0.15) is 16.5 Å². The number of aliphatic hydroxyl groups is 1. The predicted octanol–water partition coefficient (Wildman–Crippen LogP) is 0.0708. The molecule has 0 amide bonds. The van der Waals surface area contributed by atoms with Gasteiger partial charge in [0.15, 0.2) is 0 Å². The van der Waals surface area contributed by atoms with Gasteiger partial charge in [0, 0.05) is 11.9 Å². The lowest BCUT2D eigenvalue weighted by atomic mass is 10.2. The van der Waals surface area contributed by atoms with Crippen LogP contribution < -0.4 is 11.4 Å². The number of nitrogen functional groups attached to an aromatic ring is 1. The molecule has 0 unspecified atom stereocenters. The molecule has 2 heterocycles. The number of rotatable bonds is 2. The monoisotopic (exact) mass is 243 g/mol. The smallest absolute Gasteiger partial charge is 0.351 e. The fourth-order valence-corrected chi connectivity index (χ4v) is 2.58. The number of aliphatic hydroxyl groups excluding tert-OH is 1. The summed E-state index contributed by atoms with van der Waals surface area (Å²) < 4.78 is 14.3. The van der Waals surface area contributed by atoms with Gasteiger partial charge in [-0.2, -0.15) is 4.98 Å². The third-order valence-corrected chi connectivity index (χ3v) is 3.67. The topological polar surface area (TPSA) is 81.1 Å². The van der Waals surface area contributed by atoms with E-state index < -0.39 is 10.6 Å². The highest BCUT2D eigenvalue weighted by atomic mass is 32.2. The van der Waals surface area contributed by atoms with Crippen molar-refractivity contribution in [3.63, 3.8) is 0 Å². The molecule has 16 heavy (non-hydrogen) atoms. The van der Waals surface area contributed by atoms with Crippen LogP contribution in [0.2, 0.25) is 0 Å². The Hall–Kier alpha value is -1.34. The molecule has 0 fully saturated rings. The van der Waals surface area contributed by atoms with E-state index in [4.69, 9.17) is 5.73 Å². The number of hydrogen-bond donors (Lipinski definition) is 2. The van der Waals surface area contributed by atoms with Gasteiger partial charge >= 0.3 is 5.69 Å². The van der Waals surface area contributed by atoms with Crippen molar-refractivity contribution in [2.75, 3.05) is 18.1 Å². The molecule has 1 atom stereocenters. The van der Waals surface area contributed by atoms with Crippen LogP contribution in [0.1, 0.15) is 0 Å². The molecule has 5 nitrogen and oxygen atoms in total. The lowest BCUT2D eigenvalue weighted by Gasteiger charge is -2.25. The van der Waals surface area contributed by atoms with Gasteiger partial charge in [-0.05, 0) is 12.1 Å². The maximum atomic E-state index is 13.1. The van der Waals surface area contributed by atoms with Crippen LogP contribution in [0.5, 0.6) is 0 Å². The third-order valence-electron chi connectivity index (χ3n) is 2.30. The molecule has 1 aliphatic heterocycles. The summed E-state index contributed by atoms with van der Waals surface area (Å²) in [4.78, 5) is 14.0. The molecule has 0 bridgehead atoms. The number of aromatic nitrogens is 2. The Labute approximate surface area is 94.8 Å². The molecule has 7 heteroatoms. The Bertz CT molecular complexity index is 502. The molecule has 1 aromatic rings. The van der Waals surface area contributed by atoms with Crippen LogP contribution >= 0.6 is 11.8 Å². The minimum absolute atomic E-state index is 0.0989. The quantitative estimate of drug-likeness (QED) is 0.768. The van der Waals surface area contributed by atoms with E-state index in [1.165, 1.54) is 22.9 Å². The number of hydrogen-bond acceptors (Lipinski definition) is 5. The largest absolute Gasteiger partial charge is 0.393 e. The molecular weight excluding hydrogens is 233 g/mol. The molecule has 0 aliphatic carbocycles. The maximum Gasteiger partial charge on any atom is 0.351 e. The van der Waals surface area contributed by atoms with Crippen LogP contribution in [0.15, 0.2) is 29.0 Å². The average Bonchev–Trinajstić information content (AvgIpc) is 2.61. The second-order valence-electron chi connectivity index (χ2n) is 3.39. The van der Waals surface area contributed by atoms with Gasteiger partial charge in [0.2, 0.25) is 0 Å². The van der Waals surface area contributed by atoms with Crippen LogP contribution in [0.3, 0.4) is 0 Å². The van der Waals surface area contributed by atoms with Crippen molar-refractivity contribution in [2.45, 2.75) is 4.87 Å². The summed E-state index contributed by atoms with van der Waals surface area (Å²) >= 11 is 1.14. The van der Waals surface area contributed by atoms with E-state index in [1.54, 1.807) is 0 Å². The molecule has 0 aromatic carbocycles. The SMILES string of the molecule is Nc1ccn([C@@]2(CO)C=C(F)CS2)c(=O)n1. The van der Waals surface area contributed by atoms with E-state index in [0.717, 1.165) is 11.8 Å². The lowest BCUT2D eigenvalue weighted by molar-refractivity contribution is 0.231. The highest BCUT2D eigenvalue weighted by Gasteiger charge is 2.36. The fraction of sp³-hybridized carbons (Fsp3) is 0.333. The van der Waals surface area contributed by atoms with Crippen molar-refractivity contribution >= 4 is 17.6 Å². The molecule has 1 aromatic heterocycles. The molecule has 1 aliphatic rings. The van der Waals surface area contributed by atoms with Crippen LogP contribution in [0, 0.1) is 0 Å². The summed E-state index contributed by atoms with van der Waals surface area (Å²) in [6, 6.07) is 1.43. The average molecular weight is 243 g/mol. The number of nitrogens with two attached hydrogens (primary N) is 1. The molecule has 0 radical (unpaired) electrons. The van der Waals surface area contributed by atoms with Gasteiger partial charge in [0.25, 0.3) is 0 Å². The first-order chi connectivity index (χ1) is 7.57. The Morgan fingerprint density at radius 1 is 1.75 bits per heavy atom. The lowest BCUT2D eigenvalue weighted by Crippen LogP contribution is -2.39. The minimum Gasteiger partial charge on any atom is -0.393 e. The van der Waals surface area contributed by atoms with Gasteiger partial charge in [-0.1, -0.05) is 0 Å². The van der Waals surface area contributed by atoms with Crippen molar-refractivity contribution in [3.05, 3.63) is 34.7 Å². The van der Waals surface area contributed by atoms with E-state index >= 15 is 0 Å². The molecular formula is C9H10FN3O2S. The second kappa shape index (κ2) is 3.91. The molecule has 0 saturated heterocycles. The Kier molecular flexibility index (Phi) is 2.73. The highest BCUT2D eigenvalue weighted by molar-refractivity contribution is 8.00. The van der Waals surface area contributed by atoms with E-state index in [0.29, 0.717) is 0 Å². The number of thioether (sulfide) groups is 1. The summed E-state index contributed by atoms with van der Waals surface area (Å²) in [5.41, 5.74) is 4.75. The zero-order valence-electron chi connectivity index (χ0n) is 8.26. The first-order valence-corrected chi connectivity index (χ1v) is 5.54. The van der Waals surface area contributed by atoms with Crippen LogP contribution in [-0.4, -0.2) is 27.0 Å². The van der Waals surface area contributed by atoms with Crippen molar-refractivity contribution in [1.82, 2.24) is 9.55 Å². The van der Waals surface area contributed by atoms with Gasteiger partial charge in [-0.3, -0.25) is 4.57 Å². The zero-order valence-corrected chi connectivity index (χ0v) is 9.08.